The molecule has 0 spiro atoms. The van der Waals surface area contributed by atoms with E-state index in [1.54, 1.807) is 12.1 Å². The number of nitrogens with one attached hydrogen (secondary N) is 1. The highest BCUT2D eigenvalue weighted by Crippen LogP contribution is 2.31. The van der Waals surface area contributed by atoms with Crippen LogP contribution in [0.4, 0.5) is 13.2 Å². The fraction of sp³-hybridized carbons (Fsp3) is 0.222. The lowest BCUT2D eigenvalue weighted by Gasteiger charge is -2.11. The Balaban J connectivity index is 1.60. The Kier molecular flexibility index (Phi) is 4.39. The van der Waals surface area contributed by atoms with Gasteiger partial charge in [0.15, 0.2) is 0 Å². The highest BCUT2D eigenvalue weighted by molar-refractivity contribution is 5.82. The number of H-pyrrole nitrogens is 1. The lowest BCUT2D eigenvalue weighted by molar-refractivity contribution is -0.670. The largest absolute Gasteiger partial charge is 0.416 e. The Morgan fingerprint density at radius 3 is 2.48 bits per heavy atom. The van der Waals surface area contributed by atoms with E-state index in [9.17, 15) is 13.2 Å². The summed E-state index contributed by atoms with van der Waals surface area (Å²) in [6.45, 7) is 1.08. The minimum absolute atomic E-state index is 0.331. The Hall–Kier alpha value is -2.27. The second kappa shape index (κ2) is 6.46. The maximum absolute atomic E-state index is 12.9. The van der Waals surface area contributed by atoms with Crippen LogP contribution in [0.15, 0.2) is 54.7 Å². The Morgan fingerprint density at radius 1 is 0.913 bits per heavy atom. The summed E-state index contributed by atoms with van der Waals surface area (Å²) in [5.74, 6) is 0. The molecule has 2 nitrogen and oxygen atoms in total. The van der Waals surface area contributed by atoms with E-state index in [4.69, 9.17) is 0 Å². The summed E-state index contributed by atoms with van der Waals surface area (Å²) < 4.78 is 38.8. The normalized spacial score (nSPS) is 12.0. The number of nitrogens with two attached hydrogens (primary N) is 1. The molecule has 5 heteroatoms. The van der Waals surface area contributed by atoms with E-state index in [1.165, 1.54) is 17.0 Å². The predicted octanol–water partition coefficient (Wildman–Crippen LogP) is 3.49. The Labute approximate surface area is 132 Å². The number of benzene rings is 2. The van der Waals surface area contributed by atoms with Crippen LogP contribution >= 0.6 is 0 Å². The van der Waals surface area contributed by atoms with Gasteiger partial charge in [-0.05, 0) is 17.7 Å². The van der Waals surface area contributed by atoms with Crippen molar-refractivity contribution in [1.82, 2.24) is 4.98 Å². The highest BCUT2D eigenvalue weighted by atomic mass is 19.4. The van der Waals surface area contributed by atoms with Crippen LogP contribution in [0, 0.1) is 0 Å². The molecule has 0 saturated carbocycles. The summed E-state index contributed by atoms with van der Waals surface area (Å²) in [5.41, 5.74) is 2.08. The van der Waals surface area contributed by atoms with E-state index < -0.39 is 11.7 Å². The molecule has 0 bridgehead atoms. The summed E-state index contributed by atoms with van der Waals surface area (Å²) in [4.78, 5) is 3.21. The quantitative estimate of drug-likeness (QED) is 0.675. The van der Waals surface area contributed by atoms with Crippen molar-refractivity contribution >= 4 is 10.9 Å². The third-order valence-corrected chi connectivity index (χ3v) is 3.98. The van der Waals surface area contributed by atoms with Gasteiger partial charge >= 0.3 is 6.18 Å². The lowest BCUT2D eigenvalue weighted by atomic mass is 10.1. The first kappa shape index (κ1) is 15.6. The number of halogens is 3. The number of aromatic nitrogens is 1. The van der Waals surface area contributed by atoms with Gasteiger partial charge in [-0.3, -0.25) is 0 Å². The SMILES string of the molecule is FC(F)(F)c1ccccc1C[NH2+]CCc1c[nH]c2ccccc12. The van der Waals surface area contributed by atoms with Gasteiger partial charge in [-0.25, -0.2) is 0 Å². The Bertz CT molecular complexity index is 790. The molecule has 0 radical (unpaired) electrons. The van der Waals surface area contributed by atoms with Crippen LogP contribution < -0.4 is 5.32 Å². The van der Waals surface area contributed by atoms with Gasteiger partial charge in [0.2, 0.25) is 0 Å². The minimum Gasteiger partial charge on any atom is -0.361 e. The van der Waals surface area contributed by atoms with Crippen LogP contribution in [0.5, 0.6) is 0 Å². The summed E-state index contributed by atoms with van der Waals surface area (Å²) in [6, 6.07) is 13.8. The second-order valence-electron chi connectivity index (χ2n) is 5.55. The van der Waals surface area contributed by atoms with Crippen molar-refractivity contribution in [2.45, 2.75) is 19.1 Å². The van der Waals surface area contributed by atoms with Gasteiger partial charge in [-0.1, -0.05) is 36.4 Å². The molecule has 120 valence electrons. The average molecular weight is 319 g/mol. The van der Waals surface area contributed by atoms with Gasteiger partial charge in [0.1, 0.15) is 6.54 Å². The van der Waals surface area contributed by atoms with Crippen LogP contribution in [0.2, 0.25) is 0 Å². The first-order valence-corrected chi connectivity index (χ1v) is 7.57. The summed E-state index contributed by atoms with van der Waals surface area (Å²) in [7, 11) is 0. The molecule has 0 atom stereocenters. The lowest BCUT2D eigenvalue weighted by Crippen LogP contribution is -2.83. The number of aromatic amines is 1. The topological polar surface area (TPSA) is 32.4 Å². The smallest absolute Gasteiger partial charge is 0.361 e. The molecule has 0 aliphatic carbocycles. The number of alkyl halides is 3. The van der Waals surface area contributed by atoms with E-state index in [1.807, 2.05) is 29.7 Å². The van der Waals surface area contributed by atoms with Crippen molar-refractivity contribution in [2.75, 3.05) is 6.54 Å². The van der Waals surface area contributed by atoms with E-state index in [-0.39, 0.29) is 0 Å². The summed E-state index contributed by atoms with van der Waals surface area (Å²) >= 11 is 0. The Morgan fingerprint density at radius 2 is 1.65 bits per heavy atom. The zero-order chi connectivity index (χ0) is 16.3. The van der Waals surface area contributed by atoms with E-state index in [0.717, 1.165) is 24.5 Å². The number of fused-ring (bicyclic) bond motifs is 1. The van der Waals surface area contributed by atoms with E-state index in [0.29, 0.717) is 12.1 Å². The summed E-state index contributed by atoms with van der Waals surface area (Å²) in [6.07, 6.45) is -1.50. The van der Waals surface area contributed by atoms with Crippen molar-refractivity contribution in [2.24, 2.45) is 0 Å². The molecule has 0 unspecified atom stereocenters. The molecule has 3 N–H and O–H groups in total. The fourth-order valence-electron chi connectivity index (χ4n) is 2.83. The summed E-state index contributed by atoms with van der Waals surface area (Å²) in [5, 5.41) is 3.10. The van der Waals surface area contributed by atoms with Gasteiger partial charge in [0, 0.05) is 29.1 Å². The molecule has 0 amide bonds. The van der Waals surface area contributed by atoms with Crippen molar-refractivity contribution in [3.8, 4) is 0 Å². The van der Waals surface area contributed by atoms with Crippen molar-refractivity contribution in [3.63, 3.8) is 0 Å². The van der Waals surface area contributed by atoms with Crippen LogP contribution in [0.1, 0.15) is 16.7 Å². The molecule has 0 fully saturated rings. The van der Waals surface area contributed by atoms with Gasteiger partial charge in [-0.15, -0.1) is 0 Å². The van der Waals surface area contributed by atoms with E-state index in [2.05, 4.69) is 11.1 Å². The van der Waals surface area contributed by atoms with Gasteiger partial charge in [-0.2, -0.15) is 13.2 Å². The molecule has 0 aliphatic rings. The number of para-hydroxylation sites is 1. The zero-order valence-electron chi connectivity index (χ0n) is 12.5. The molecule has 1 aromatic heterocycles. The van der Waals surface area contributed by atoms with Crippen LogP contribution in [0.3, 0.4) is 0 Å². The molecule has 3 aromatic rings. The molecule has 1 heterocycles. The first-order chi connectivity index (χ1) is 11.1. The minimum atomic E-state index is -4.29. The van der Waals surface area contributed by atoms with Crippen molar-refractivity contribution in [3.05, 3.63) is 71.4 Å². The van der Waals surface area contributed by atoms with Crippen molar-refractivity contribution in [1.29, 1.82) is 0 Å². The van der Waals surface area contributed by atoms with Crippen LogP contribution in [-0.2, 0) is 19.1 Å². The number of quaternary nitrogens is 1. The number of hydrogen-bond donors (Lipinski definition) is 2. The molecule has 2 aromatic carbocycles. The maximum Gasteiger partial charge on any atom is 0.416 e. The fourth-order valence-corrected chi connectivity index (χ4v) is 2.83. The van der Waals surface area contributed by atoms with E-state index >= 15 is 0 Å². The highest BCUT2D eigenvalue weighted by Gasteiger charge is 2.33. The third kappa shape index (κ3) is 3.56. The molecule has 0 saturated heterocycles. The third-order valence-electron chi connectivity index (χ3n) is 3.98. The molecular formula is C18H18F3N2+. The van der Waals surface area contributed by atoms with Gasteiger partial charge < -0.3 is 10.3 Å². The predicted molar refractivity (Wildman–Crippen MR) is 83.9 cm³/mol. The monoisotopic (exact) mass is 319 g/mol. The average Bonchev–Trinajstić information content (AvgIpc) is 2.94. The van der Waals surface area contributed by atoms with Crippen molar-refractivity contribution < 1.29 is 18.5 Å². The molecule has 0 aliphatic heterocycles. The molecular weight excluding hydrogens is 301 g/mol. The number of rotatable bonds is 5. The standard InChI is InChI=1S/C18H17F3N2/c19-18(20,21)16-7-3-1-5-14(16)11-22-10-9-13-12-23-17-8-4-2-6-15(13)17/h1-8,12,22-23H,9-11H2/p+1. The molecule has 23 heavy (non-hydrogen) atoms. The maximum atomic E-state index is 12.9. The van der Waals surface area contributed by atoms with Crippen LogP contribution in [0.25, 0.3) is 10.9 Å². The molecule has 3 rings (SSSR count). The zero-order valence-corrected chi connectivity index (χ0v) is 12.5. The first-order valence-electron chi connectivity index (χ1n) is 7.57. The van der Waals surface area contributed by atoms with Crippen LogP contribution in [-0.4, -0.2) is 11.5 Å². The van der Waals surface area contributed by atoms with Gasteiger partial charge in [0.25, 0.3) is 0 Å². The number of hydrogen-bond acceptors (Lipinski definition) is 0. The van der Waals surface area contributed by atoms with Gasteiger partial charge in [0.05, 0.1) is 12.1 Å². The second-order valence-corrected chi connectivity index (χ2v) is 5.55.